The van der Waals surface area contributed by atoms with Crippen molar-refractivity contribution in [2.24, 2.45) is 11.8 Å². The van der Waals surface area contributed by atoms with Crippen molar-refractivity contribution >= 4 is 0 Å². The molecule has 2 aliphatic heterocycles. The minimum absolute atomic E-state index is 0.541. The van der Waals surface area contributed by atoms with Crippen LogP contribution < -0.4 is 16.3 Å². The van der Waals surface area contributed by atoms with Gasteiger partial charge in [-0.1, -0.05) is 0 Å². The van der Waals surface area contributed by atoms with E-state index in [2.05, 4.69) is 16.3 Å². The van der Waals surface area contributed by atoms with Crippen LogP contribution in [-0.4, -0.2) is 25.2 Å². The first-order chi connectivity index (χ1) is 5.95. The molecule has 68 valence electrons. The van der Waals surface area contributed by atoms with E-state index < -0.39 is 0 Å². The minimum atomic E-state index is 0.541. The van der Waals surface area contributed by atoms with Crippen LogP contribution in [0.2, 0.25) is 0 Å². The molecule has 12 heavy (non-hydrogen) atoms. The Labute approximate surface area is 71.9 Å². The molecule has 1 saturated carbocycles. The Hall–Kier alpha value is -0.160. The Morgan fingerprint density at radius 3 is 3.08 bits per heavy atom. The van der Waals surface area contributed by atoms with Gasteiger partial charge in [-0.3, -0.25) is 0 Å². The third kappa shape index (κ3) is 0.925. The van der Waals surface area contributed by atoms with Crippen molar-refractivity contribution in [2.75, 3.05) is 13.1 Å². The summed E-state index contributed by atoms with van der Waals surface area (Å²) in [6, 6.07) is 1.09. The summed E-state index contributed by atoms with van der Waals surface area (Å²) in [5.74, 6) is 1.65. The first-order valence-corrected chi connectivity index (χ1v) is 4.83. The van der Waals surface area contributed by atoms with Crippen LogP contribution >= 0.6 is 0 Å². The standard InChI is InChI=1S/C8H15N3O/c1-2-7-8(11-12-10-7)6-4-9-3-5(1)6/h5-11H,1-4H2. The lowest BCUT2D eigenvalue weighted by molar-refractivity contribution is 0.00628. The van der Waals surface area contributed by atoms with Gasteiger partial charge in [-0.05, 0) is 37.8 Å². The van der Waals surface area contributed by atoms with Crippen molar-refractivity contribution in [3.63, 3.8) is 0 Å². The van der Waals surface area contributed by atoms with E-state index >= 15 is 0 Å². The maximum absolute atomic E-state index is 5.07. The summed E-state index contributed by atoms with van der Waals surface area (Å²) in [4.78, 5) is 5.07. The summed E-state index contributed by atoms with van der Waals surface area (Å²) >= 11 is 0. The first kappa shape index (κ1) is 7.26. The van der Waals surface area contributed by atoms with Gasteiger partial charge in [0.25, 0.3) is 0 Å². The second-order valence-electron chi connectivity index (χ2n) is 4.13. The van der Waals surface area contributed by atoms with E-state index in [1.807, 2.05) is 0 Å². The molecule has 0 aromatic carbocycles. The number of nitrogens with one attached hydrogen (secondary N) is 3. The lowest BCUT2D eigenvalue weighted by Crippen LogP contribution is -2.46. The Bertz CT molecular complexity index is 167. The molecule has 4 unspecified atom stereocenters. The zero-order chi connectivity index (χ0) is 7.97. The third-order valence-corrected chi connectivity index (χ3v) is 3.54. The molecule has 0 aromatic heterocycles. The molecule has 0 amide bonds. The van der Waals surface area contributed by atoms with E-state index in [-0.39, 0.29) is 0 Å². The predicted molar refractivity (Wildman–Crippen MR) is 44.0 cm³/mol. The van der Waals surface area contributed by atoms with Gasteiger partial charge >= 0.3 is 0 Å². The number of hydroxylamine groups is 2. The van der Waals surface area contributed by atoms with Crippen LogP contribution in [0.3, 0.4) is 0 Å². The van der Waals surface area contributed by atoms with Crippen molar-refractivity contribution < 1.29 is 4.94 Å². The highest BCUT2D eigenvalue weighted by Gasteiger charge is 2.44. The van der Waals surface area contributed by atoms with Gasteiger partial charge in [0.2, 0.25) is 0 Å². The van der Waals surface area contributed by atoms with Crippen LogP contribution in [0.25, 0.3) is 0 Å². The average Bonchev–Trinajstić information content (AvgIpc) is 2.71. The number of hydrogen-bond acceptors (Lipinski definition) is 4. The van der Waals surface area contributed by atoms with Crippen molar-refractivity contribution in [1.29, 1.82) is 0 Å². The molecule has 3 aliphatic rings. The van der Waals surface area contributed by atoms with E-state index in [0.717, 1.165) is 18.4 Å². The highest BCUT2D eigenvalue weighted by Crippen LogP contribution is 2.34. The fourth-order valence-electron chi connectivity index (χ4n) is 2.84. The molecule has 4 nitrogen and oxygen atoms in total. The van der Waals surface area contributed by atoms with Gasteiger partial charge in [-0.25, -0.2) is 4.94 Å². The van der Waals surface area contributed by atoms with Crippen LogP contribution in [0.5, 0.6) is 0 Å². The summed E-state index contributed by atoms with van der Waals surface area (Å²) in [5.41, 5.74) is 6.11. The maximum atomic E-state index is 5.07. The van der Waals surface area contributed by atoms with Gasteiger partial charge in [0, 0.05) is 0 Å². The smallest absolute Gasteiger partial charge is 0.0561 e. The van der Waals surface area contributed by atoms with Crippen LogP contribution in [0.15, 0.2) is 0 Å². The number of rotatable bonds is 0. The summed E-state index contributed by atoms with van der Waals surface area (Å²) in [5, 5.41) is 3.45. The van der Waals surface area contributed by atoms with E-state index in [4.69, 9.17) is 4.94 Å². The molecule has 0 spiro atoms. The van der Waals surface area contributed by atoms with Gasteiger partial charge in [-0.15, -0.1) is 0 Å². The quantitative estimate of drug-likeness (QED) is 0.453. The summed E-state index contributed by atoms with van der Waals surface area (Å²) < 4.78 is 0. The Balaban J connectivity index is 1.81. The molecule has 1 aliphatic carbocycles. The minimum Gasteiger partial charge on any atom is -0.316 e. The van der Waals surface area contributed by atoms with Crippen LogP contribution in [-0.2, 0) is 4.94 Å². The van der Waals surface area contributed by atoms with E-state index in [1.165, 1.54) is 19.4 Å². The second-order valence-corrected chi connectivity index (χ2v) is 4.13. The Morgan fingerprint density at radius 2 is 2.08 bits per heavy atom. The fraction of sp³-hybridized carbons (Fsp3) is 1.00. The summed E-state index contributed by atoms with van der Waals surface area (Å²) in [7, 11) is 0. The monoisotopic (exact) mass is 169 g/mol. The fourth-order valence-corrected chi connectivity index (χ4v) is 2.84. The lowest BCUT2D eigenvalue weighted by Gasteiger charge is -2.32. The van der Waals surface area contributed by atoms with Crippen molar-refractivity contribution in [2.45, 2.75) is 24.9 Å². The SMILES string of the molecule is C1CC2NONC2C2CNCC12. The van der Waals surface area contributed by atoms with Crippen LogP contribution in [0, 0.1) is 11.8 Å². The highest BCUT2D eigenvalue weighted by atomic mass is 16.8. The zero-order valence-electron chi connectivity index (χ0n) is 7.05. The maximum Gasteiger partial charge on any atom is 0.0561 e. The van der Waals surface area contributed by atoms with E-state index in [1.54, 1.807) is 0 Å². The molecular weight excluding hydrogens is 154 g/mol. The van der Waals surface area contributed by atoms with Gasteiger partial charge in [0.05, 0.1) is 12.1 Å². The van der Waals surface area contributed by atoms with E-state index in [9.17, 15) is 0 Å². The van der Waals surface area contributed by atoms with Crippen molar-refractivity contribution in [3.05, 3.63) is 0 Å². The number of fused-ring (bicyclic) bond motifs is 3. The topological polar surface area (TPSA) is 45.3 Å². The summed E-state index contributed by atoms with van der Waals surface area (Å²) in [6.45, 7) is 2.36. The average molecular weight is 169 g/mol. The first-order valence-electron chi connectivity index (χ1n) is 4.83. The molecule has 0 bridgehead atoms. The van der Waals surface area contributed by atoms with Crippen molar-refractivity contribution in [1.82, 2.24) is 16.3 Å². The van der Waals surface area contributed by atoms with E-state index in [0.29, 0.717) is 12.1 Å². The van der Waals surface area contributed by atoms with Crippen molar-refractivity contribution in [3.8, 4) is 0 Å². The van der Waals surface area contributed by atoms with Crippen LogP contribution in [0.4, 0.5) is 0 Å². The molecule has 0 aromatic rings. The predicted octanol–water partition coefficient (Wildman–Crippen LogP) is -0.608. The van der Waals surface area contributed by atoms with Gasteiger partial charge in [-0.2, -0.15) is 11.0 Å². The third-order valence-electron chi connectivity index (χ3n) is 3.54. The molecule has 4 heteroatoms. The number of hydrogen-bond donors (Lipinski definition) is 3. The molecular formula is C8H15N3O. The summed E-state index contributed by atoms with van der Waals surface area (Å²) in [6.07, 6.45) is 2.59. The second kappa shape index (κ2) is 2.67. The van der Waals surface area contributed by atoms with Gasteiger partial charge < -0.3 is 5.32 Å². The van der Waals surface area contributed by atoms with Gasteiger partial charge in [0.15, 0.2) is 0 Å². The molecule has 3 N–H and O–H groups in total. The molecule has 3 fully saturated rings. The molecule has 3 rings (SSSR count). The largest absolute Gasteiger partial charge is 0.316 e. The molecule has 2 saturated heterocycles. The Morgan fingerprint density at radius 1 is 1.08 bits per heavy atom. The molecule has 2 heterocycles. The van der Waals surface area contributed by atoms with Gasteiger partial charge in [0.1, 0.15) is 0 Å². The highest BCUT2D eigenvalue weighted by molar-refractivity contribution is 4.99. The van der Waals surface area contributed by atoms with Crippen LogP contribution in [0.1, 0.15) is 12.8 Å². The Kier molecular flexibility index (Phi) is 1.61. The lowest BCUT2D eigenvalue weighted by atomic mass is 9.76. The zero-order valence-corrected chi connectivity index (χ0v) is 7.05. The molecule has 0 radical (unpaired) electrons. The molecule has 4 atom stereocenters. The normalized spacial score (nSPS) is 52.0.